The van der Waals surface area contributed by atoms with Crippen molar-refractivity contribution in [3.63, 3.8) is 0 Å². The van der Waals surface area contributed by atoms with E-state index in [9.17, 15) is 14.4 Å². The largest absolute Gasteiger partial charge is 0.488 e. The second kappa shape index (κ2) is 10.4. The van der Waals surface area contributed by atoms with E-state index >= 15 is 0 Å². The average Bonchev–Trinajstić information content (AvgIpc) is 2.61. The van der Waals surface area contributed by atoms with Crippen molar-refractivity contribution in [2.75, 3.05) is 19.8 Å². The van der Waals surface area contributed by atoms with Crippen LogP contribution in [0.25, 0.3) is 0 Å². The third kappa shape index (κ3) is 7.18. The molecule has 0 unspecified atom stereocenters. The normalized spacial score (nSPS) is 10.5. The van der Waals surface area contributed by atoms with E-state index in [1.165, 1.54) is 6.07 Å². The first-order valence-electron chi connectivity index (χ1n) is 7.45. The summed E-state index contributed by atoms with van der Waals surface area (Å²) in [6.07, 6.45) is 1.60. The lowest BCUT2D eigenvalue weighted by Gasteiger charge is -2.08. The molecule has 0 aromatic heterocycles. The molecule has 0 heterocycles. The summed E-state index contributed by atoms with van der Waals surface area (Å²) in [5, 5.41) is 20.0. The van der Waals surface area contributed by atoms with E-state index in [4.69, 9.17) is 15.1 Å². The fraction of sp³-hybridized carbons (Fsp3) is 0.294. The van der Waals surface area contributed by atoms with Crippen molar-refractivity contribution in [1.82, 2.24) is 5.32 Å². The van der Waals surface area contributed by atoms with Crippen LogP contribution in [0.3, 0.4) is 0 Å². The van der Waals surface area contributed by atoms with Crippen molar-refractivity contribution in [2.24, 2.45) is 0 Å². The first kappa shape index (κ1) is 19.7. The number of carbonyl (C=O) groups excluding carboxylic acids is 2. The number of rotatable bonds is 10. The van der Waals surface area contributed by atoms with Crippen molar-refractivity contribution >= 4 is 17.7 Å². The average molecular weight is 346 g/mol. The molecule has 0 saturated carbocycles. The molecule has 0 spiro atoms. The van der Waals surface area contributed by atoms with Gasteiger partial charge in [-0.05, 0) is 24.6 Å². The van der Waals surface area contributed by atoms with Gasteiger partial charge in [-0.15, -0.1) is 0 Å². The molecule has 0 aliphatic carbocycles. The molecule has 8 heteroatoms. The predicted octanol–water partition coefficient (Wildman–Crippen LogP) is 1.28. The Morgan fingerprint density at radius 3 is 2.72 bits per heavy atom. The minimum atomic E-state index is -1.23. The number of nitriles is 1. The fourth-order valence-electron chi connectivity index (χ4n) is 1.65. The van der Waals surface area contributed by atoms with Gasteiger partial charge in [0.15, 0.2) is 13.2 Å². The van der Waals surface area contributed by atoms with Gasteiger partial charge in [0.1, 0.15) is 23.7 Å². The zero-order chi connectivity index (χ0) is 18.7. The van der Waals surface area contributed by atoms with Gasteiger partial charge in [0.2, 0.25) is 5.78 Å². The molecule has 1 rings (SSSR count). The number of hydrogen-bond donors (Lipinski definition) is 2. The summed E-state index contributed by atoms with van der Waals surface area (Å²) in [5.74, 6) is -1.86. The Balaban J connectivity index is 2.64. The summed E-state index contributed by atoms with van der Waals surface area (Å²) in [7, 11) is 0. The highest BCUT2D eigenvalue weighted by atomic mass is 16.5. The SMILES string of the molecule is CCCNC(=O)c1cccc(OCC(=O)/C(C#N)=C/OCC(=O)O)c1. The Morgan fingerprint density at radius 2 is 2.08 bits per heavy atom. The van der Waals surface area contributed by atoms with E-state index in [-0.39, 0.29) is 11.5 Å². The number of nitrogens with zero attached hydrogens (tertiary/aromatic N) is 1. The molecule has 8 nitrogen and oxygen atoms in total. The van der Waals surface area contributed by atoms with Crippen LogP contribution in [-0.2, 0) is 14.3 Å². The number of ether oxygens (including phenoxy) is 2. The summed E-state index contributed by atoms with van der Waals surface area (Å²) in [6.45, 7) is 1.38. The van der Waals surface area contributed by atoms with Gasteiger partial charge >= 0.3 is 5.97 Å². The molecular weight excluding hydrogens is 328 g/mol. The maximum atomic E-state index is 11.9. The van der Waals surface area contributed by atoms with Gasteiger partial charge in [-0.2, -0.15) is 5.26 Å². The van der Waals surface area contributed by atoms with Gasteiger partial charge in [-0.25, -0.2) is 4.79 Å². The van der Waals surface area contributed by atoms with Crippen LogP contribution in [0.15, 0.2) is 36.1 Å². The maximum absolute atomic E-state index is 11.9. The van der Waals surface area contributed by atoms with Gasteiger partial charge in [0, 0.05) is 12.1 Å². The second-order valence-electron chi connectivity index (χ2n) is 4.84. The zero-order valence-corrected chi connectivity index (χ0v) is 13.7. The van der Waals surface area contributed by atoms with Crippen LogP contribution >= 0.6 is 0 Å². The number of hydrogen-bond acceptors (Lipinski definition) is 6. The zero-order valence-electron chi connectivity index (χ0n) is 13.7. The first-order chi connectivity index (χ1) is 12.0. The number of aliphatic carboxylic acids is 1. The quantitative estimate of drug-likeness (QED) is 0.371. The lowest BCUT2D eigenvalue weighted by Crippen LogP contribution is -2.24. The standard InChI is InChI=1S/C17H18N2O6/c1-2-6-19-17(23)12-4-3-5-14(7-12)25-10-15(20)13(8-18)9-24-11-16(21)22/h3-5,7,9H,2,6,10-11H2,1H3,(H,19,23)(H,21,22)/b13-9+. The van der Waals surface area contributed by atoms with E-state index in [1.807, 2.05) is 6.92 Å². The topological polar surface area (TPSA) is 126 Å². The Morgan fingerprint density at radius 1 is 1.32 bits per heavy atom. The van der Waals surface area contributed by atoms with Crippen molar-refractivity contribution < 1.29 is 29.0 Å². The van der Waals surface area contributed by atoms with Crippen LogP contribution in [0.1, 0.15) is 23.7 Å². The molecule has 1 aromatic carbocycles. The molecule has 0 bridgehead atoms. The van der Waals surface area contributed by atoms with E-state index < -0.39 is 25.0 Å². The lowest BCUT2D eigenvalue weighted by atomic mass is 10.2. The summed E-state index contributed by atoms with van der Waals surface area (Å²) >= 11 is 0. The highest BCUT2D eigenvalue weighted by molar-refractivity contribution is 6.00. The number of carbonyl (C=O) groups is 3. The molecule has 0 atom stereocenters. The van der Waals surface area contributed by atoms with Crippen molar-refractivity contribution in [2.45, 2.75) is 13.3 Å². The molecule has 25 heavy (non-hydrogen) atoms. The summed E-state index contributed by atoms with van der Waals surface area (Å²) < 4.78 is 9.88. The number of Topliss-reactive ketones (excluding diaryl/α,β-unsaturated/α-hetero) is 1. The van der Waals surface area contributed by atoms with Crippen LogP contribution in [0.2, 0.25) is 0 Å². The molecule has 132 valence electrons. The van der Waals surface area contributed by atoms with E-state index in [1.54, 1.807) is 24.3 Å². The van der Waals surface area contributed by atoms with Crippen molar-refractivity contribution in [3.05, 3.63) is 41.7 Å². The molecule has 0 saturated heterocycles. The molecule has 1 amide bonds. The lowest BCUT2D eigenvalue weighted by molar-refractivity contribution is -0.140. The summed E-state index contributed by atoms with van der Waals surface area (Å²) in [6, 6.07) is 7.89. The van der Waals surface area contributed by atoms with Crippen molar-refractivity contribution in [3.8, 4) is 11.8 Å². The maximum Gasteiger partial charge on any atom is 0.341 e. The number of ketones is 1. The monoisotopic (exact) mass is 346 g/mol. The Labute approximate surface area is 144 Å². The summed E-state index contributed by atoms with van der Waals surface area (Å²) in [5.41, 5.74) is 0.0253. The van der Waals surface area contributed by atoms with E-state index in [0.717, 1.165) is 12.7 Å². The molecule has 1 aromatic rings. The third-order valence-corrected chi connectivity index (χ3v) is 2.83. The number of benzene rings is 1. The van der Waals surface area contributed by atoms with Gasteiger partial charge in [-0.3, -0.25) is 9.59 Å². The number of nitrogens with one attached hydrogen (secondary N) is 1. The smallest absolute Gasteiger partial charge is 0.341 e. The highest BCUT2D eigenvalue weighted by Gasteiger charge is 2.12. The Bertz CT molecular complexity index is 705. The highest BCUT2D eigenvalue weighted by Crippen LogP contribution is 2.14. The van der Waals surface area contributed by atoms with Crippen LogP contribution < -0.4 is 10.1 Å². The van der Waals surface area contributed by atoms with E-state index in [0.29, 0.717) is 17.9 Å². The predicted molar refractivity (Wildman–Crippen MR) is 86.9 cm³/mol. The van der Waals surface area contributed by atoms with Crippen LogP contribution in [0.4, 0.5) is 0 Å². The number of carboxylic acids is 1. The molecule has 0 aliphatic rings. The molecule has 2 N–H and O–H groups in total. The van der Waals surface area contributed by atoms with Crippen molar-refractivity contribution in [1.29, 1.82) is 5.26 Å². The fourth-order valence-corrected chi connectivity index (χ4v) is 1.65. The van der Waals surface area contributed by atoms with Gasteiger partial charge in [-0.1, -0.05) is 13.0 Å². The van der Waals surface area contributed by atoms with Gasteiger partial charge in [0.05, 0.1) is 0 Å². The van der Waals surface area contributed by atoms with Crippen LogP contribution in [0, 0.1) is 11.3 Å². The summed E-state index contributed by atoms with van der Waals surface area (Å²) in [4.78, 5) is 34.1. The third-order valence-electron chi connectivity index (χ3n) is 2.83. The number of amides is 1. The Hall–Kier alpha value is -3.34. The molecule has 0 radical (unpaired) electrons. The molecular formula is C17H18N2O6. The molecule has 0 aliphatic heterocycles. The van der Waals surface area contributed by atoms with Crippen LogP contribution in [-0.4, -0.2) is 42.5 Å². The minimum absolute atomic E-state index is 0.252. The molecule has 0 fully saturated rings. The minimum Gasteiger partial charge on any atom is -0.488 e. The van der Waals surface area contributed by atoms with Gasteiger partial charge in [0.25, 0.3) is 5.91 Å². The van der Waals surface area contributed by atoms with Crippen LogP contribution in [0.5, 0.6) is 5.75 Å². The van der Waals surface area contributed by atoms with E-state index in [2.05, 4.69) is 10.1 Å². The van der Waals surface area contributed by atoms with Gasteiger partial charge < -0.3 is 19.9 Å². The number of carboxylic acid groups (broad SMARTS) is 1. The Kier molecular flexibility index (Phi) is 8.23. The first-order valence-corrected chi connectivity index (χ1v) is 7.45. The second-order valence-corrected chi connectivity index (χ2v) is 4.84.